The average Bonchev–Trinajstić information content (AvgIpc) is 2.71. The molecule has 2 amide bonds. The molecule has 150 valence electrons. The lowest BCUT2D eigenvalue weighted by atomic mass is 10.2. The largest absolute Gasteiger partial charge is 0.356 e. The van der Waals surface area contributed by atoms with E-state index in [0.29, 0.717) is 28.3 Å². The van der Waals surface area contributed by atoms with Crippen molar-refractivity contribution in [2.24, 2.45) is 0 Å². The van der Waals surface area contributed by atoms with Gasteiger partial charge in [0.15, 0.2) is 0 Å². The highest BCUT2D eigenvalue weighted by Crippen LogP contribution is 2.14. The zero-order valence-corrected chi connectivity index (χ0v) is 16.7. The quantitative estimate of drug-likeness (QED) is 0.624. The van der Waals surface area contributed by atoms with Gasteiger partial charge in [-0.2, -0.15) is 0 Å². The van der Waals surface area contributed by atoms with Crippen LogP contribution < -0.4 is 16.2 Å². The molecule has 0 aliphatic carbocycles. The van der Waals surface area contributed by atoms with Crippen LogP contribution in [0.5, 0.6) is 0 Å². The van der Waals surface area contributed by atoms with Crippen LogP contribution in [0, 0.1) is 0 Å². The van der Waals surface area contributed by atoms with E-state index in [1.165, 1.54) is 4.57 Å². The predicted molar refractivity (Wildman–Crippen MR) is 113 cm³/mol. The fraction of sp³-hybridized carbons (Fsp3) is 0.238. The number of halogens is 1. The number of rotatable bonds is 7. The summed E-state index contributed by atoms with van der Waals surface area (Å²) in [7, 11) is 0. The highest BCUT2D eigenvalue weighted by atomic mass is 35.5. The van der Waals surface area contributed by atoms with E-state index in [-0.39, 0.29) is 42.5 Å². The number of benzene rings is 2. The van der Waals surface area contributed by atoms with E-state index in [9.17, 15) is 14.4 Å². The van der Waals surface area contributed by atoms with Crippen LogP contribution in [0.15, 0.2) is 53.3 Å². The maximum atomic E-state index is 13.0. The molecule has 3 rings (SSSR count). The summed E-state index contributed by atoms with van der Waals surface area (Å²) >= 11 is 5.86. The van der Waals surface area contributed by atoms with Gasteiger partial charge in [-0.1, -0.05) is 23.7 Å². The third-order valence-electron chi connectivity index (χ3n) is 4.31. The molecular weight excluding hydrogens is 392 g/mol. The van der Waals surface area contributed by atoms with Crippen molar-refractivity contribution in [1.29, 1.82) is 0 Å². The summed E-state index contributed by atoms with van der Waals surface area (Å²) in [5, 5.41) is 6.02. The van der Waals surface area contributed by atoms with E-state index in [4.69, 9.17) is 11.6 Å². The van der Waals surface area contributed by atoms with Gasteiger partial charge in [0.2, 0.25) is 11.8 Å². The van der Waals surface area contributed by atoms with E-state index in [0.717, 1.165) is 0 Å². The number of carbonyl (C=O) groups is 2. The van der Waals surface area contributed by atoms with E-state index >= 15 is 0 Å². The smallest absolute Gasteiger partial charge is 0.273 e. The molecule has 8 heteroatoms. The molecule has 29 heavy (non-hydrogen) atoms. The van der Waals surface area contributed by atoms with Crippen LogP contribution in [-0.2, 0) is 22.6 Å². The van der Waals surface area contributed by atoms with E-state index in [2.05, 4.69) is 15.6 Å². The van der Waals surface area contributed by atoms with Gasteiger partial charge in [0.1, 0.15) is 12.2 Å². The Morgan fingerprint density at radius 2 is 1.79 bits per heavy atom. The minimum Gasteiger partial charge on any atom is -0.356 e. The summed E-state index contributed by atoms with van der Waals surface area (Å²) in [5.41, 5.74) is 1.62. The zero-order valence-electron chi connectivity index (χ0n) is 15.9. The lowest BCUT2D eigenvalue weighted by Gasteiger charge is -2.12. The van der Waals surface area contributed by atoms with Crippen LogP contribution in [0.25, 0.3) is 11.0 Å². The molecule has 0 unspecified atom stereocenters. The Kier molecular flexibility index (Phi) is 6.61. The van der Waals surface area contributed by atoms with Gasteiger partial charge < -0.3 is 10.6 Å². The standard InChI is InChI=1S/C21H21ClN4O3/c1-2-23-19(27)12-11-17-21(29)26(18-6-4-3-5-16(18)25-17)13-20(28)24-15-9-7-14(22)8-10-15/h3-10H,2,11-13H2,1H3,(H,23,27)(H,24,28). The van der Waals surface area contributed by atoms with Gasteiger partial charge in [-0.15, -0.1) is 0 Å². The molecule has 2 N–H and O–H groups in total. The highest BCUT2D eigenvalue weighted by Gasteiger charge is 2.15. The van der Waals surface area contributed by atoms with Gasteiger partial charge in [0, 0.05) is 30.1 Å². The van der Waals surface area contributed by atoms with Crippen molar-refractivity contribution >= 4 is 40.1 Å². The van der Waals surface area contributed by atoms with E-state index in [1.807, 2.05) is 13.0 Å². The second-order valence-corrected chi connectivity index (χ2v) is 6.88. The molecular formula is C21H21ClN4O3. The Morgan fingerprint density at radius 1 is 1.07 bits per heavy atom. The molecule has 2 aromatic carbocycles. The summed E-state index contributed by atoms with van der Waals surface area (Å²) in [6.07, 6.45) is 0.361. The zero-order chi connectivity index (χ0) is 20.8. The first-order chi connectivity index (χ1) is 14.0. The van der Waals surface area contributed by atoms with Gasteiger partial charge in [-0.3, -0.25) is 19.0 Å². The summed E-state index contributed by atoms with van der Waals surface area (Å²) in [6, 6.07) is 13.8. The Morgan fingerprint density at radius 3 is 2.52 bits per heavy atom. The fourth-order valence-corrected chi connectivity index (χ4v) is 3.09. The Balaban J connectivity index is 1.87. The van der Waals surface area contributed by atoms with Gasteiger partial charge in [0.05, 0.1) is 11.0 Å². The molecule has 7 nitrogen and oxygen atoms in total. The van der Waals surface area contributed by atoms with Crippen LogP contribution >= 0.6 is 11.6 Å². The van der Waals surface area contributed by atoms with Crippen LogP contribution in [0.3, 0.4) is 0 Å². The molecule has 3 aromatic rings. The van der Waals surface area contributed by atoms with Gasteiger partial charge in [0.25, 0.3) is 5.56 Å². The second-order valence-electron chi connectivity index (χ2n) is 6.45. The van der Waals surface area contributed by atoms with Crippen molar-refractivity contribution in [2.45, 2.75) is 26.3 Å². The number of para-hydroxylation sites is 2. The number of anilines is 1. The van der Waals surface area contributed by atoms with Crippen LogP contribution in [-0.4, -0.2) is 27.9 Å². The molecule has 0 saturated heterocycles. The predicted octanol–water partition coefficient (Wildman–Crippen LogP) is 2.76. The number of amides is 2. The molecule has 0 radical (unpaired) electrons. The van der Waals surface area contributed by atoms with Crippen molar-refractivity contribution in [3.05, 3.63) is 69.6 Å². The van der Waals surface area contributed by atoms with Crippen molar-refractivity contribution in [3.8, 4) is 0 Å². The number of hydrogen-bond donors (Lipinski definition) is 2. The van der Waals surface area contributed by atoms with Crippen LogP contribution in [0.1, 0.15) is 19.0 Å². The fourth-order valence-electron chi connectivity index (χ4n) is 2.96. The molecule has 0 aliphatic heterocycles. The topological polar surface area (TPSA) is 93.1 Å². The van der Waals surface area contributed by atoms with Crippen molar-refractivity contribution in [3.63, 3.8) is 0 Å². The number of nitrogens with zero attached hydrogens (tertiary/aromatic N) is 2. The minimum atomic E-state index is -0.376. The monoisotopic (exact) mass is 412 g/mol. The second kappa shape index (κ2) is 9.34. The molecule has 0 aliphatic rings. The van der Waals surface area contributed by atoms with E-state index in [1.54, 1.807) is 42.5 Å². The van der Waals surface area contributed by atoms with Gasteiger partial charge >= 0.3 is 0 Å². The van der Waals surface area contributed by atoms with Crippen LogP contribution in [0.2, 0.25) is 5.02 Å². The minimum absolute atomic E-state index is 0.145. The van der Waals surface area contributed by atoms with E-state index < -0.39 is 0 Å². The summed E-state index contributed by atoms with van der Waals surface area (Å²) in [4.78, 5) is 41.7. The summed E-state index contributed by atoms with van der Waals surface area (Å²) in [5.74, 6) is -0.491. The van der Waals surface area contributed by atoms with Gasteiger partial charge in [-0.25, -0.2) is 4.98 Å². The Bertz CT molecular complexity index is 1090. The number of fused-ring (bicyclic) bond motifs is 1. The molecule has 0 bridgehead atoms. The number of aromatic nitrogens is 2. The first kappa shape index (κ1) is 20.5. The molecule has 0 atom stereocenters. The molecule has 0 fully saturated rings. The number of hydrogen-bond acceptors (Lipinski definition) is 4. The van der Waals surface area contributed by atoms with Gasteiger partial charge in [-0.05, 0) is 43.3 Å². The number of aryl methyl sites for hydroxylation is 1. The Labute approximate surface area is 172 Å². The number of carbonyl (C=O) groups excluding carboxylic acids is 2. The Hall–Kier alpha value is -3.19. The number of nitrogens with one attached hydrogen (secondary N) is 2. The maximum absolute atomic E-state index is 13.0. The maximum Gasteiger partial charge on any atom is 0.273 e. The SMILES string of the molecule is CCNC(=O)CCc1nc2ccccc2n(CC(=O)Nc2ccc(Cl)cc2)c1=O. The highest BCUT2D eigenvalue weighted by molar-refractivity contribution is 6.30. The summed E-state index contributed by atoms with van der Waals surface area (Å²) < 4.78 is 1.39. The molecule has 0 saturated carbocycles. The lowest BCUT2D eigenvalue weighted by molar-refractivity contribution is -0.121. The van der Waals surface area contributed by atoms with Crippen LogP contribution in [0.4, 0.5) is 5.69 Å². The normalized spacial score (nSPS) is 10.7. The first-order valence-corrected chi connectivity index (χ1v) is 9.66. The first-order valence-electron chi connectivity index (χ1n) is 9.28. The van der Waals surface area contributed by atoms with Crippen molar-refractivity contribution in [2.75, 3.05) is 11.9 Å². The third-order valence-corrected chi connectivity index (χ3v) is 4.56. The molecule has 1 aromatic heterocycles. The van der Waals surface area contributed by atoms with Crippen molar-refractivity contribution in [1.82, 2.24) is 14.9 Å². The third kappa shape index (κ3) is 5.20. The average molecular weight is 413 g/mol. The molecule has 1 heterocycles. The molecule has 0 spiro atoms. The lowest BCUT2D eigenvalue weighted by Crippen LogP contribution is -2.32. The van der Waals surface area contributed by atoms with Crippen molar-refractivity contribution < 1.29 is 9.59 Å². The summed E-state index contributed by atoms with van der Waals surface area (Å²) in [6.45, 7) is 2.19.